The second-order valence-corrected chi connectivity index (χ2v) is 8.97. The van der Waals surface area contributed by atoms with Gasteiger partial charge in [0, 0.05) is 18.3 Å². The van der Waals surface area contributed by atoms with Gasteiger partial charge in [0.15, 0.2) is 0 Å². The fraction of sp³-hybridized carbons (Fsp3) is 0.650. The number of carboxylic acid groups (broad SMARTS) is 1. The van der Waals surface area contributed by atoms with Gasteiger partial charge in [-0.05, 0) is 37.7 Å². The third kappa shape index (κ3) is 9.69. The van der Waals surface area contributed by atoms with Crippen LogP contribution in [0.3, 0.4) is 0 Å². The van der Waals surface area contributed by atoms with Gasteiger partial charge in [-0.25, -0.2) is 9.78 Å². The zero-order valence-electron chi connectivity index (χ0n) is 18.9. The second kappa shape index (κ2) is 13.7. The minimum absolute atomic E-state index is 0.117. The lowest BCUT2D eigenvalue weighted by Crippen LogP contribution is -2.57. The molecule has 0 radical (unpaired) electrons. The zero-order chi connectivity index (χ0) is 24.3. The molecule has 0 aliphatic carbocycles. The van der Waals surface area contributed by atoms with Crippen molar-refractivity contribution in [3.8, 4) is 0 Å². The van der Waals surface area contributed by atoms with Crippen molar-refractivity contribution < 1.29 is 24.3 Å². The third-order valence-corrected chi connectivity index (χ3v) is 5.30. The van der Waals surface area contributed by atoms with Crippen LogP contribution in [0.1, 0.15) is 39.3 Å². The van der Waals surface area contributed by atoms with E-state index in [9.17, 15) is 24.3 Å². The summed E-state index contributed by atoms with van der Waals surface area (Å²) in [5, 5.41) is 16.9. The summed E-state index contributed by atoms with van der Waals surface area (Å²) in [5.74, 6) is -2.08. The van der Waals surface area contributed by atoms with Gasteiger partial charge in [-0.2, -0.15) is 11.8 Å². The molecule has 12 heteroatoms. The summed E-state index contributed by atoms with van der Waals surface area (Å²) < 4.78 is 0. The van der Waals surface area contributed by atoms with Gasteiger partial charge in [-0.1, -0.05) is 13.8 Å². The van der Waals surface area contributed by atoms with Gasteiger partial charge in [0.25, 0.3) is 0 Å². The Labute approximate surface area is 192 Å². The fourth-order valence-electron chi connectivity index (χ4n) is 2.89. The van der Waals surface area contributed by atoms with E-state index in [-0.39, 0.29) is 18.8 Å². The molecule has 1 aromatic rings. The van der Waals surface area contributed by atoms with Crippen LogP contribution < -0.4 is 21.7 Å². The number of nitrogens with one attached hydrogen (secondary N) is 4. The number of carbonyl (C=O) groups is 4. The maximum absolute atomic E-state index is 12.9. The molecule has 1 heterocycles. The third-order valence-electron chi connectivity index (χ3n) is 4.65. The molecule has 0 aromatic carbocycles. The van der Waals surface area contributed by atoms with Gasteiger partial charge in [0.05, 0.1) is 12.4 Å². The number of carboxylic acids is 1. The number of nitrogens with zero attached hydrogens (tertiary/aromatic N) is 1. The Hall–Kier alpha value is -2.60. The van der Waals surface area contributed by atoms with Crippen LogP contribution in [0.2, 0.25) is 0 Å². The quantitative estimate of drug-likeness (QED) is 0.213. The number of aromatic nitrogens is 2. The Balaban J connectivity index is 2.81. The van der Waals surface area contributed by atoms with E-state index >= 15 is 0 Å². The first-order chi connectivity index (χ1) is 15.0. The van der Waals surface area contributed by atoms with E-state index in [4.69, 9.17) is 5.73 Å². The Kier molecular flexibility index (Phi) is 11.8. The van der Waals surface area contributed by atoms with Gasteiger partial charge in [-0.15, -0.1) is 0 Å². The minimum atomic E-state index is -1.14. The topological polar surface area (TPSA) is 179 Å². The van der Waals surface area contributed by atoms with Crippen LogP contribution in [0.25, 0.3) is 0 Å². The molecule has 4 atom stereocenters. The van der Waals surface area contributed by atoms with Gasteiger partial charge < -0.3 is 31.8 Å². The lowest BCUT2D eigenvalue weighted by atomic mass is 10.0. The van der Waals surface area contributed by atoms with Crippen molar-refractivity contribution in [2.45, 2.75) is 64.2 Å². The van der Waals surface area contributed by atoms with Gasteiger partial charge in [-0.3, -0.25) is 14.4 Å². The highest BCUT2D eigenvalue weighted by Gasteiger charge is 2.28. The molecule has 3 amide bonds. The van der Waals surface area contributed by atoms with Crippen molar-refractivity contribution in [2.24, 2.45) is 11.7 Å². The maximum Gasteiger partial charge on any atom is 0.326 e. The number of aliphatic carboxylic acids is 1. The number of nitrogens with two attached hydrogens (primary N) is 1. The largest absolute Gasteiger partial charge is 0.480 e. The Bertz CT molecular complexity index is 758. The van der Waals surface area contributed by atoms with Crippen molar-refractivity contribution in [2.75, 3.05) is 12.0 Å². The van der Waals surface area contributed by atoms with Crippen molar-refractivity contribution in [3.05, 3.63) is 18.2 Å². The molecule has 7 N–H and O–H groups in total. The maximum atomic E-state index is 12.9. The summed E-state index contributed by atoms with van der Waals surface area (Å²) in [6.45, 7) is 5.32. The molecule has 0 spiro atoms. The lowest BCUT2D eigenvalue weighted by Gasteiger charge is -2.23. The Morgan fingerprint density at radius 1 is 1.09 bits per heavy atom. The highest BCUT2D eigenvalue weighted by Crippen LogP contribution is 2.06. The number of aromatic amines is 1. The Morgan fingerprint density at radius 2 is 1.75 bits per heavy atom. The van der Waals surface area contributed by atoms with E-state index in [1.165, 1.54) is 31.2 Å². The molecule has 11 nitrogen and oxygen atoms in total. The smallest absolute Gasteiger partial charge is 0.326 e. The van der Waals surface area contributed by atoms with Crippen molar-refractivity contribution in [3.63, 3.8) is 0 Å². The second-order valence-electron chi connectivity index (χ2n) is 7.99. The standard InChI is InChI=1S/C20H34N6O5S/c1-11(2)7-14(21)18(28)26-16(8-13-9-22-10-23-13)19(29)24-12(3)17(27)25-15(20(30)31)5-6-32-4/h9-12,14-16H,5-8,21H2,1-4H3,(H,22,23)(H,24,29)(H,25,27)(H,26,28)(H,30,31). The molecule has 0 fully saturated rings. The molecular formula is C20H34N6O5S. The van der Waals surface area contributed by atoms with Crippen molar-refractivity contribution in [1.82, 2.24) is 25.9 Å². The van der Waals surface area contributed by atoms with Crippen LogP contribution in [0.5, 0.6) is 0 Å². The molecule has 0 aliphatic rings. The average molecular weight is 471 g/mol. The first kappa shape index (κ1) is 27.4. The van der Waals surface area contributed by atoms with Gasteiger partial charge >= 0.3 is 5.97 Å². The van der Waals surface area contributed by atoms with E-state index in [1.54, 1.807) is 0 Å². The summed E-state index contributed by atoms with van der Waals surface area (Å²) >= 11 is 1.47. The summed E-state index contributed by atoms with van der Waals surface area (Å²) in [7, 11) is 0. The van der Waals surface area contributed by atoms with Crippen LogP contribution in [0.15, 0.2) is 12.5 Å². The molecule has 1 rings (SSSR count). The predicted molar refractivity (Wildman–Crippen MR) is 122 cm³/mol. The monoisotopic (exact) mass is 470 g/mol. The van der Waals surface area contributed by atoms with Crippen LogP contribution in [0, 0.1) is 5.92 Å². The molecule has 0 saturated carbocycles. The molecule has 0 aliphatic heterocycles. The predicted octanol–water partition coefficient (Wildman–Crippen LogP) is -0.362. The fourth-order valence-corrected chi connectivity index (χ4v) is 3.36. The molecule has 32 heavy (non-hydrogen) atoms. The van der Waals surface area contributed by atoms with E-state index < -0.39 is 47.9 Å². The molecule has 1 aromatic heterocycles. The SMILES string of the molecule is CSCCC(NC(=O)C(C)NC(=O)C(Cc1cnc[nH]1)NC(=O)C(N)CC(C)C)C(=O)O. The van der Waals surface area contributed by atoms with Gasteiger partial charge in [0.2, 0.25) is 17.7 Å². The molecule has 4 unspecified atom stereocenters. The first-order valence-corrected chi connectivity index (χ1v) is 11.8. The number of hydrogen-bond acceptors (Lipinski definition) is 7. The normalized spacial score (nSPS) is 14.8. The number of imidazole rings is 1. The van der Waals surface area contributed by atoms with Crippen LogP contribution >= 0.6 is 11.8 Å². The van der Waals surface area contributed by atoms with Crippen LogP contribution in [-0.4, -0.2) is 74.9 Å². The lowest BCUT2D eigenvalue weighted by molar-refractivity contribution is -0.142. The van der Waals surface area contributed by atoms with E-state index in [0.717, 1.165) is 0 Å². The summed E-state index contributed by atoms with van der Waals surface area (Å²) in [6, 6.07) is -3.84. The average Bonchev–Trinajstić information content (AvgIpc) is 3.22. The van der Waals surface area contributed by atoms with Crippen molar-refractivity contribution >= 4 is 35.5 Å². The zero-order valence-corrected chi connectivity index (χ0v) is 19.7. The molecular weight excluding hydrogens is 436 g/mol. The molecule has 0 bridgehead atoms. The Morgan fingerprint density at radius 3 is 2.28 bits per heavy atom. The summed E-state index contributed by atoms with van der Waals surface area (Å²) in [5.41, 5.74) is 6.54. The summed E-state index contributed by atoms with van der Waals surface area (Å²) in [4.78, 5) is 55.9. The van der Waals surface area contributed by atoms with Crippen LogP contribution in [0.4, 0.5) is 0 Å². The van der Waals surface area contributed by atoms with Crippen molar-refractivity contribution in [1.29, 1.82) is 0 Å². The number of hydrogen-bond donors (Lipinski definition) is 6. The van der Waals surface area contributed by atoms with E-state index in [0.29, 0.717) is 17.9 Å². The number of rotatable bonds is 14. The number of H-pyrrole nitrogens is 1. The highest BCUT2D eigenvalue weighted by atomic mass is 32.2. The minimum Gasteiger partial charge on any atom is -0.480 e. The number of amides is 3. The summed E-state index contributed by atoms with van der Waals surface area (Å²) in [6.07, 6.45) is 5.65. The van der Waals surface area contributed by atoms with E-state index in [1.807, 2.05) is 20.1 Å². The van der Waals surface area contributed by atoms with Crippen LogP contribution in [-0.2, 0) is 25.6 Å². The molecule has 180 valence electrons. The number of thioether (sulfide) groups is 1. The first-order valence-electron chi connectivity index (χ1n) is 10.4. The number of carbonyl (C=O) groups excluding carboxylic acids is 3. The van der Waals surface area contributed by atoms with E-state index in [2.05, 4.69) is 25.9 Å². The van der Waals surface area contributed by atoms with Gasteiger partial charge in [0.1, 0.15) is 18.1 Å². The highest BCUT2D eigenvalue weighted by molar-refractivity contribution is 7.98. The molecule has 0 saturated heterocycles.